The van der Waals surface area contributed by atoms with Crippen molar-refractivity contribution in [1.82, 2.24) is 15.1 Å². The van der Waals surface area contributed by atoms with Crippen molar-refractivity contribution in [2.45, 2.75) is 13.8 Å². The number of anilines is 1. The van der Waals surface area contributed by atoms with Crippen LogP contribution in [0.3, 0.4) is 0 Å². The summed E-state index contributed by atoms with van der Waals surface area (Å²) in [5.74, 6) is 1.64. The standard InChI is InChI=1S/C14H14N4O2S/c1-3-19-10-7-5-4-6-9(10)12-17-13(20-18-12)11-8(2)16-14(15)21-11/h4-7H,3H2,1-2H3,(H2,15,16). The van der Waals surface area contributed by atoms with E-state index in [-0.39, 0.29) is 0 Å². The molecule has 108 valence electrons. The second kappa shape index (κ2) is 5.53. The molecule has 2 aromatic heterocycles. The molecule has 0 radical (unpaired) electrons. The first-order valence-corrected chi connectivity index (χ1v) is 7.30. The molecule has 0 bridgehead atoms. The number of para-hydroxylation sites is 1. The first kappa shape index (κ1) is 13.6. The number of hydrogen-bond acceptors (Lipinski definition) is 7. The number of rotatable bonds is 4. The predicted molar refractivity (Wildman–Crippen MR) is 81.2 cm³/mol. The number of aromatic nitrogens is 3. The minimum Gasteiger partial charge on any atom is -0.493 e. The molecular formula is C14H14N4O2S. The van der Waals surface area contributed by atoms with E-state index >= 15 is 0 Å². The van der Waals surface area contributed by atoms with Crippen LogP contribution < -0.4 is 10.5 Å². The highest BCUT2D eigenvalue weighted by Crippen LogP contribution is 2.33. The van der Waals surface area contributed by atoms with Crippen LogP contribution in [0.15, 0.2) is 28.8 Å². The van der Waals surface area contributed by atoms with Crippen LogP contribution in [0.1, 0.15) is 12.6 Å². The zero-order chi connectivity index (χ0) is 14.8. The molecule has 0 unspecified atom stereocenters. The van der Waals surface area contributed by atoms with Crippen LogP contribution in [0.25, 0.3) is 22.2 Å². The first-order chi connectivity index (χ1) is 10.2. The summed E-state index contributed by atoms with van der Waals surface area (Å²) in [6.07, 6.45) is 0. The number of nitrogen functional groups attached to an aromatic ring is 1. The third-order valence-corrected chi connectivity index (χ3v) is 3.84. The van der Waals surface area contributed by atoms with Crippen LogP contribution in [-0.2, 0) is 0 Å². The molecule has 0 spiro atoms. The smallest absolute Gasteiger partial charge is 0.270 e. The molecule has 0 amide bonds. The lowest BCUT2D eigenvalue weighted by Crippen LogP contribution is -1.94. The fraction of sp³-hybridized carbons (Fsp3) is 0.214. The third kappa shape index (κ3) is 2.59. The molecular weight excluding hydrogens is 288 g/mol. The molecule has 0 saturated carbocycles. The van der Waals surface area contributed by atoms with Gasteiger partial charge in [-0.1, -0.05) is 28.6 Å². The van der Waals surface area contributed by atoms with Gasteiger partial charge < -0.3 is 15.0 Å². The van der Waals surface area contributed by atoms with E-state index in [1.54, 1.807) is 0 Å². The van der Waals surface area contributed by atoms with Crippen molar-refractivity contribution in [2.75, 3.05) is 12.3 Å². The number of thiazole rings is 1. The number of hydrogen-bond donors (Lipinski definition) is 1. The van der Waals surface area contributed by atoms with E-state index in [0.29, 0.717) is 23.5 Å². The van der Waals surface area contributed by atoms with Crippen LogP contribution in [0.2, 0.25) is 0 Å². The third-order valence-electron chi connectivity index (χ3n) is 2.86. The van der Waals surface area contributed by atoms with E-state index in [1.807, 2.05) is 38.1 Å². The molecule has 6 nitrogen and oxygen atoms in total. The molecule has 0 aliphatic rings. The summed E-state index contributed by atoms with van der Waals surface area (Å²) in [6.45, 7) is 4.37. The largest absolute Gasteiger partial charge is 0.493 e. The van der Waals surface area contributed by atoms with Gasteiger partial charge in [0.25, 0.3) is 5.89 Å². The van der Waals surface area contributed by atoms with Gasteiger partial charge in [0.15, 0.2) is 5.13 Å². The van der Waals surface area contributed by atoms with Crippen LogP contribution in [-0.4, -0.2) is 21.7 Å². The maximum Gasteiger partial charge on any atom is 0.270 e. The lowest BCUT2D eigenvalue weighted by molar-refractivity contribution is 0.341. The highest BCUT2D eigenvalue weighted by Gasteiger charge is 2.18. The average molecular weight is 302 g/mol. The Hall–Kier alpha value is -2.41. The summed E-state index contributed by atoms with van der Waals surface area (Å²) < 4.78 is 10.9. The Kier molecular flexibility index (Phi) is 3.57. The molecule has 0 aliphatic heterocycles. The Labute approximate surface area is 125 Å². The quantitative estimate of drug-likeness (QED) is 0.796. The van der Waals surface area contributed by atoms with Gasteiger partial charge in [-0.3, -0.25) is 0 Å². The van der Waals surface area contributed by atoms with Crippen molar-refractivity contribution >= 4 is 16.5 Å². The van der Waals surface area contributed by atoms with Crippen LogP contribution >= 0.6 is 11.3 Å². The summed E-state index contributed by atoms with van der Waals surface area (Å²) in [5, 5.41) is 4.51. The molecule has 0 aliphatic carbocycles. The average Bonchev–Trinajstić information content (AvgIpc) is 3.06. The van der Waals surface area contributed by atoms with Gasteiger partial charge in [0.1, 0.15) is 10.6 Å². The van der Waals surface area contributed by atoms with Crippen LogP contribution in [0, 0.1) is 6.92 Å². The van der Waals surface area contributed by atoms with Gasteiger partial charge in [-0.05, 0) is 26.0 Å². The van der Waals surface area contributed by atoms with Crippen molar-refractivity contribution in [3.8, 4) is 27.9 Å². The molecule has 1 aromatic carbocycles. The Morgan fingerprint density at radius 3 is 2.81 bits per heavy atom. The van der Waals surface area contributed by atoms with E-state index < -0.39 is 0 Å². The van der Waals surface area contributed by atoms with Gasteiger partial charge in [0.05, 0.1) is 17.9 Å². The zero-order valence-corrected chi connectivity index (χ0v) is 12.5. The van der Waals surface area contributed by atoms with Gasteiger partial charge in [-0.2, -0.15) is 4.98 Å². The van der Waals surface area contributed by atoms with Gasteiger partial charge in [0.2, 0.25) is 5.82 Å². The van der Waals surface area contributed by atoms with E-state index in [2.05, 4.69) is 15.1 Å². The fourth-order valence-electron chi connectivity index (χ4n) is 1.97. The maximum absolute atomic E-state index is 5.70. The summed E-state index contributed by atoms with van der Waals surface area (Å²) in [6, 6.07) is 7.59. The molecule has 0 fully saturated rings. The highest BCUT2D eigenvalue weighted by atomic mass is 32.1. The number of nitrogens with zero attached hydrogens (tertiary/aromatic N) is 3. The molecule has 0 atom stereocenters. The second-order valence-electron chi connectivity index (χ2n) is 4.32. The Balaban J connectivity index is 2.01. The monoisotopic (exact) mass is 302 g/mol. The predicted octanol–water partition coefficient (Wildman–Crippen LogP) is 3.15. The van der Waals surface area contributed by atoms with Gasteiger partial charge in [-0.25, -0.2) is 4.98 Å². The molecule has 2 heterocycles. The number of nitrogens with two attached hydrogens (primary N) is 1. The van der Waals surface area contributed by atoms with Gasteiger partial charge >= 0.3 is 0 Å². The summed E-state index contributed by atoms with van der Waals surface area (Å²) in [7, 11) is 0. The number of benzene rings is 1. The maximum atomic E-state index is 5.70. The SMILES string of the molecule is CCOc1ccccc1-c1noc(-c2sc(N)nc2C)n1. The highest BCUT2D eigenvalue weighted by molar-refractivity contribution is 7.18. The molecule has 21 heavy (non-hydrogen) atoms. The van der Waals surface area contributed by atoms with E-state index in [0.717, 1.165) is 21.9 Å². The molecule has 7 heteroatoms. The Morgan fingerprint density at radius 1 is 1.29 bits per heavy atom. The Bertz CT molecular complexity index is 766. The molecule has 3 aromatic rings. The van der Waals surface area contributed by atoms with Crippen LogP contribution in [0.4, 0.5) is 5.13 Å². The lowest BCUT2D eigenvalue weighted by Gasteiger charge is -2.05. The lowest BCUT2D eigenvalue weighted by atomic mass is 10.2. The van der Waals surface area contributed by atoms with Crippen molar-refractivity contribution in [3.63, 3.8) is 0 Å². The minimum atomic E-state index is 0.419. The summed E-state index contributed by atoms with van der Waals surface area (Å²) in [4.78, 5) is 9.38. The number of ether oxygens (including phenoxy) is 1. The molecule has 2 N–H and O–H groups in total. The van der Waals surface area contributed by atoms with Crippen molar-refractivity contribution < 1.29 is 9.26 Å². The summed E-state index contributed by atoms with van der Waals surface area (Å²) >= 11 is 1.33. The normalized spacial score (nSPS) is 10.8. The van der Waals surface area contributed by atoms with Crippen LogP contribution in [0.5, 0.6) is 5.75 Å². The summed E-state index contributed by atoms with van der Waals surface area (Å²) in [5.41, 5.74) is 7.27. The van der Waals surface area contributed by atoms with E-state index in [1.165, 1.54) is 11.3 Å². The fourth-order valence-corrected chi connectivity index (χ4v) is 2.73. The number of aryl methyl sites for hydroxylation is 1. The minimum absolute atomic E-state index is 0.419. The second-order valence-corrected chi connectivity index (χ2v) is 5.35. The van der Waals surface area contributed by atoms with Crippen molar-refractivity contribution in [2.24, 2.45) is 0 Å². The zero-order valence-electron chi connectivity index (χ0n) is 11.7. The molecule has 0 saturated heterocycles. The van der Waals surface area contributed by atoms with E-state index in [4.69, 9.17) is 15.0 Å². The van der Waals surface area contributed by atoms with Gasteiger partial charge in [-0.15, -0.1) is 0 Å². The first-order valence-electron chi connectivity index (χ1n) is 6.48. The topological polar surface area (TPSA) is 87.1 Å². The van der Waals surface area contributed by atoms with E-state index in [9.17, 15) is 0 Å². The van der Waals surface area contributed by atoms with Gasteiger partial charge in [0, 0.05) is 0 Å². The molecule has 3 rings (SSSR count). The van der Waals surface area contributed by atoms with Crippen molar-refractivity contribution in [1.29, 1.82) is 0 Å². The van der Waals surface area contributed by atoms with Crippen molar-refractivity contribution in [3.05, 3.63) is 30.0 Å². The Morgan fingerprint density at radius 2 is 2.10 bits per heavy atom.